The minimum Gasteiger partial charge on any atom is -0.494 e. The predicted molar refractivity (Wildman–Crippen MR) is 91.1 cm³/mol. The summed E-state index contributed by atoms with van der Waals surface area (Å²) in [7, 11) is 1.39. The first-order valence-electron chi connectivity index (χ1n) is 7.86. The Kier molecular flexibility index (Phi) is 4.92. The van der Waals surface area contributed by atoms with Gasteiger partial charge in [-0.1, -0.05) is 11.2 Å². The number of aromatic nitrogens is 3. The number of nitrogens with zero attached hydrogens (tertiary/aromatic N) is 3. The molecule has 0 aliphatic carbocycles. The molecule has 2 heterocycles. The lowest BCUT2D eigenvalue weighted by molar-refractivity contribution is 0.0945. The zero-order valence-electron chi connectivity index (χ0n) is 14.5. The van der Waals surface area contributed by atoms with Crippen molar-refractivity contribution in [1.82, 2.24) is 20.4 Å². The maximum Gasteiger partial charge on any atom is 0.270 e. The smallest absolute Gasteiger partial charge is 0.270 e. The van der Waals surface area contributed by atoms with Crippen LogP contribution in [0.15, 0.2) is 34.9 Å². The van der Waals surface area contributed by atoms with E-state index in [0.29, 0.717) is 28.5 Å². The summed E-state index contributed by atoms with van der Waals surface area (Å²) in [6.07, 6.45) is 0. The van der Waals surface area contributed by atoms with Crippen LogP contribution >= 0.6 is 0 Å². The van der Waals surface area contributed by atoms with Crippen molar-refractivity contribution in [3.05, 3.63) is 58.9 Å². The van der Waals surface area contributed by atoms with Crippen molar-refractivity contribution in [2.24, 2.45) is 0 Å². The van der Waals surface area contributed by atoms with Crippen LogP contribution in [0, 0.1) is 19.7 Å². The van der Waals surface area contributed by atoms with Crippen molar-refractivity contribution >= 4 is 5.91 Å². The lowest BCUT2D eigenvalue weighted by Crippen LogP contribution is -2.24. The van der Waals surface area contributed by atoms with Gasteiger partial charge in [-0.15, -0.1) is 0 Å². The van der Waals surface area contributed by atoms with Crippen LogP contribution in [0.3, 0.4) is 0 Å². The van der Waals surface area contributed by atoms with E-state index < -0.39 is 5.82 Å². The molecule has 3 rings (SSSR count). The van der Waals surface area contributed by atoms with E-state index in [1.807, 2.05) is 0 Å². The first kappa shape index (κ1) is 17.5. The van der Waals surface area contributed by atoms with Crippen molar-refractivity contribution in [2.75, 3.05) is 7.11 Å². The maximum absolute atomic E-state index is 13.4. The Hall–Kier alpha value is -3.29. The van der Waals surface area contributed by atoms with E-state index in [-0.39, 0.29) is 23.9 Å². The highest BCUT2D eigenvalue weighted by molar-refractivity contribution is 5.93. The number of benzene rings is 1. The van der Waals surface area contributed by atoms with Crippen molar-refractivity contribution in [1.29, 1.82) is 0 Å². The summed E-state index contributed by atoms with van der Waals surface area (Å²) in [6, 6.07) is 7.66. The molecule has 0 bridgehead atoms. The fourth-order valence-electron chi connectivity index (χ4n) is 2.38. The minimum atomic E-state index is -0.457. The highest BCUT2D eigenvalue weighted by Crippen LogP contribution is 2.20. The molecule has 134 valence electrons. The van der Waals surface area contributed by atoms with Gasteiger partial charge in [0.1, 0.15) is 17.2 Å². The molecule has 7 nitrogen and oxygen atoms in total. The fraction of sp³-hybridized carbons (Fsp3) is 0.222. The van der Waals surface area contributed by atoms with E-state index in [4.69, 9.17) is 9.26 Å². The second-order valence-corrected chi connectivity index (χ2v) is 5.67. The number of hydrogen-bond acceptors (Lipinski definition) is 6. The van der Waals surface area contributed by atoms with Crippen LogP contribution in [0.5, 0.6) is 5.75 Å². The number of hydrogen-bond donors (Lipinski definition) is 1. The van der Waals surface area contributed by atoms with Crippen LogP contribution in [-0.4, -0.2) is 28.1 Å². The number of rotatable bonds is 5. The van der Waals surface area contributed by atoms with E-state index in [1.165, 1.54) is 25.3 Å². The van der Waals surface area contributed by atoms with Gasteiger partial charge in [-0.3, -0.25) is 4.79 Å². The summed E-state index contributed by atoms with van der Waals surface area (Å²) >= 11 is 0. The van der Waals surface area contributed by atoms with Gasteiger partial charge in [0.05, 0.1) is 12.8 Å². The van der Waals surface area contributed by atoms with E-state index in [1.54, 1.807) is 26.0 Å². The standard InChI is InChI=1S/C18H17FN4O3/c1-10-6-17(26-23-10)14-8-15(22-11(2)21-14)18(24)20-9-12-4-5-13(19)16(7-12)25-3/h4-8H,9H2,1-3H3,(H,20,24). The molecular formula is C18H17FN4O3. The summed E-state index contributed by atoms with van der Waals surface area (Å²) in [4.78, 5) is 20.9. The van der Waals surface area contributed by atoms with Crippen LogP contribution in [-0.2, 0) is 6.54 Å². The minimum absolute atomic E-state index is 0.123. The van der Waals surface area contributed by atoms with Crippen LogP contribution < -0.4 is 10.1 Å². The fourth-order valence-corrected chi connectivity index (χ4v) is 2.38. The highest BCUT2D eigenvalue weighted by Gasteiger charge is 2.14. The Bertz CT molecular complexity index is 955. The van der Waals surface area contributed by atoms with Gasteiger partial charge in [0.25, 0.3) is 5.91 Å². The van der Waals surface area contributed by atoms with E-state index in [0.717, 1.165) is 0 Å². The molecule has 3 aromatic rings. The molecule has 2 aromatic heterocycles. The first-order valence-corrected chi connectivity index (χ1v) is 7.86. The second kappa shape index (κ2) is 7.30. The van der Waals surface area contributed by atoms with Crippen LogP contribution in [0.2, 0.25) is 0 Å². The zero-order chi connectivity index (χ0) is 18.7. The van der Waals surface area contributed by atoms with Crippen molar-refractivity contribution in [3.8, 4) is 17.2 Å². The SMILES string of the molecule is COc1cc(CNC(=O)c2cc(-c3cc(C)no3)nc(C)n2)ccc1F. The number of amides is 1. The van der Waals surface area contributed by atoms with Gasteiger partial charge >= 0.3 is 0 Å². The Labute approximate surface area is 149 Å². The van der Waals surface area contributed by atoms with Gasteiger partial charge in [-0.05, 0) is 37.6 Å². The Balaban J connectivity index is 1.76. The van der Waals surface area contributed by atoms with Crippen LogP contribution in [0.25, 0.3) is 11.5 Å². The van der Waals surface area contributed by atoms with Crippen LogP contribution in [0.1, 0.15) is 27.6 Å². The molecule has 0 saturated carbocycles. The van der Waals surface area contributed by atoms with Crippen molar-refractivity contribution in [3.63, 3.8) is 0 Å². The number of carbonyl (C=O) groups excluding carboxylic acids is 1. The summed E-state index contributed by atoms with van der Waals surface area (Å²) in [6.45, 7) is 3.69. The van der Waals surface area contributed by atoms with E-state index >= 15 is 0 Å². The van der Waals surface area contributed by atoms with Gasteiger partial charge in [0.2, 0.25) is 0 Å². The molecule has 8 heteroatoms. The molecule has 0 saturated heterocycles. The molecule has 1 aromatic carbocycles. The average Bonchev–Trinajstić information content (AvgIpc) is 3.06. The quantitative estimate of drug-likeness (QED) is 0.756. The third-order valence-corrected chi connectivity index (χ3v) is 3.62. The Morgan fingerprint density at radius 1 is 1.23 bits per heavy atom. The predicted octanol–water partition coefficient (Wildman–Crippen LogP) is 2.83. The number of halogens is 1. The van der Waals surface area contributed by atoms with Crippen LogP contribution in [0.4, 0.5) is 4.39 Å². The van der Waals surface area contributed by atoms with Crippen molar-refractivity contribution in [2.45, 2.75) is 20.4 Å². The van der Waals surface area contributed by atoms with Crippen molar-refractivity contribution < 1.29 is 18.4 Å². The number of nitrogens with one attached hydrogen (secondary N) is 1. The molecule has 0 aliphatic heterocycles. The third kappa shape index (κ3) is 3.85. The van der Waals surface area contributed by atoms with E-state index in [9.17, 15) is 9.18 Å². The molecule has 0 spiro atoms. The lowest BCUT2D eigenvalue weighted by atomic mass is 10.2. The number of methoxy groups -OCH3 is 1. The molecule has 0 unspecified atom stereocenters. The largest absolute Gasteiger partial charge is 0.494 e. The monoisotopic (exact) mass is 356 g/mol. The summed E-state index contributed by atoms with van der Waals surface area (Å²) in [5.41, 5.74) is 2.10. The van der Waals surface area contributed by atoms with Gasteiger partial charge in [0.15, 0.2) is 17.3 Å². The molecule has 0 fully saturated rings. The second-order valence-electron chi connectivity index (χ2n) is 5.67. The molecule has 0 aliphatic rings. The zero-order valence-corrected chi connectivity index (χ0v) is 14.5. The molecule has 26 heavy (non-hydrogen) atoms. The third-order valence-electron chi connectivity index (χ3n) is 3.62. The van der Waals surface area contributed by atoms with Gasteiger partial charge < -0.3 is 14.6 Å². The lowest BCUT2D eigenvalue weighted by Gasteiger charge is -2.08. The Morgan fingerprint density at radius 3 is 2.73 bits per heavy atom. The Morgan fingerprint density at radius 2 is 2.04 bits per heavy atom. The van der Waals surface area contributed by atoms with E-state index in [2.05, 4.69) is 20.4 Å². The molecule has 1 N–H and O–H groups in total. The molecule has 0 atom stereocenters. The summed E-state index contributed by atoms with van der Waals surface area (Å²) in [5.74, 6) is 0.186. The molecular weight excluding hydrogens is 339 g/mol. The number of ether oxygens (including phenoxy) is 1. The molecule has 1 amide bonds. The summed E-state index contributed by atoms with van der Waals surface area (Å²) < 4.78 is 23.6. The van der Waals surface area contributed by atoms with Gasteiger partial charge in [-0.25, -0.2) is 14.4 Å². The average molecular weight is 356 g/mol. The normalized spacial score (nSPS) is 10.6. The maximum atomic E-state index is 13.4. The van der Waals surface area contributed by atoms with Gasteiger partial charge in [0, 0.05) is 12.6 Å². The molecule has 0 radical (unpaired) electrons. The first-order chi connectivity index (χ1) is 12.5. The number of carbonyl (C=O) groups is 1. The number of aryl methyl sites for hydroxylation is 2. The highest BCUT2D eigenvalue weighted by atomic mass is 19.1. The van der Waals surface area contributed by atoms with Gasteiger partial charge in [-0.2, -0.15) is 0 Å². The summed E-state index contributed by atoms with van der Waals surface area (Å²) in [5, 5.41) is 6.56. The topological polar surface area (TPSA) is 90.1 Å².